The van der Waals surface area contributed by atoms with Crippen molar-refractivity contribution in [2.75, 3.05) is 19.4 Å². The summed E-state index contributed by atoms with van der Waals surface area (Å²) in [6.45, 7) is -14.2. The summed E-state index contributed by atoms with van der Waals surface area (Å²) in [6, 6.07) is 4.75. The van der Waals surface area contributed by atoms with E-state index >= 15 is 0 Å². The molecule has 0 fully saturated rings. The van der Waals surface area contributed by atoms with Crippen LogP contribution in [-0.4, -0.2) is 23.6 Å². The van der Waals surface area contributed by atoms with Gasteiger partial charge >= 0.3 is 7.82 Å². The average molecular weight is 302 g/mol. The van der Waals surface area contributed by atoms with Crippen LogP contribution in [0.15, 0.2) is 29.2 Å². The zero-order valence-corrected chi connectivity index (χ0v) is 10.9. The molecule has 0 heterocycles. The first kappa shape index (κ1) is 6.18. The van der Waals surface area contributed by atoms with Gasteiger partial charge in [0.05, 0.1) is 18.6 Å². The van der Waals surface area contributed by atoms with E-state index in [9.17, 15) is 8.77 Å². The molecule has 0 bridgehead atoms. The lowest BCUT2D eigenvalue weighted by molar-refractivity contribution is 0.167. The first-order chi connectivity index (χ1) is 12.3. The van der Waals surface area contributed by atoms with Crippen molar-refractivity contribution in [3.63, 3.8) is 0 Å². The van der Waals surface area contributed by atoms with E-state index in [0.717, 1.165) is 12.1 Å². The van der Waals surface area contributed by atoms with Gasteiger partial charge in [-0.1, -0.05) is 0 Å². The zero-order valence-electron chi connectivity index (χ0n) is 19.2. The minimum absolute atomic E-state index is 0.333. The summed E-state index contributed by atoms with van der Waals surface area (Å²) in [7, 11) is -6.83. The Labute approximate surface area is 124 Å². The van der Waals surface area contributed by atoms with E-state index < -0.39 is 45.4 Å². The predicted octanol–water partition coefficient (Wildman–Crippen LogP) is 2.98. The maximum Gasteiger partial charge on any atom is 0.530 e. The van der Waals surface area contributed by atoms with Crippen molar-refractivity contribution in [1.29, 1.82) is 0 Å². The van der Waals surface area contributed by atoms with Gasteiger partial charge in [-0.2, -0.15) is 0 Å². The molecule has 18 heavy (non-hydrogen) atoms. The van der Waals surface area contributed by atoms with E-state index in [1.54, 1.807) is 0 Å². The van der Waals surface area contributed by atoms with Gasteiger partial charge in [-0.3, -0.25) is 13.3 Å². The van der Waals surface area contributed by atoms with Gasteiger partial charge in [0.25, 0.3) is 0 Å². The summed E-state index contributed by atoms with van der Waals surface area (Å²) in [6.07, 6.45) is 1.38. The number of benzene rings is 1. The highest BCUT2D eigenvalue weighted by Gasteiger charge is 2.27. The lowest BCUT2D eigenvalue weighted by atomic mass is 10.3. The van der Waals surface area contributed by atoms with Crippen LogP contribution >= 0.6 is 7.82 Å². The van der Waals surface area contributed by atoms with Crippen LogP contribution in [0.2, 0.25) is 0 Å². The Hall–Kier alpha value is -0.680. The van der Waals surface area contributed by atoms with E-state index in [-0.39, 0.29) is 5.75 Å². The summed E-state index contributed by atoms with van der Waals surface area (Å²) in [4.78, 5) is 0.333. The Kier molecular flexibility index (Phi) is 2.42. The molecule has 1 aromatic rings. The van der Waals surface area contributed by atoms with Gasteiger partial charge in [0.15, 0.2) is 0 Å². The zero-order chi connectivity index (χ0) is 22.2. The third-order valence-corrected chi connectivity index (χ3v) is 3.69. The summed E-state index contributed by atoms with van der Waals surface area (Å²) < 4.78 is 110. The van der Waals surface area contributed by atoms with Crippen LogP contribution in [0, 0.1) is 0 Å². The molecule has 5 nitrogen and oxygen atoms in total. The number of hydrogen-bond acceptors (Lipinski definition) is 5. The van der Waals surface area contributed by atoms with E-state index in [1.165, 1.54) is 18.4 Å². The lowest BCUT2D eigenvalue weighted by Gasteiger charge is -2.16. The van der Waals surface area contributed by atoms with Crippen LogP contribution in [0.3, 0.4) is 0 Å². The van der Waals surface area contributed by atoms with Crippen molar-refractivity contribution in [2.24, 2.45) is 0 Å². The maximum atomic E-state index is 12.8. The van der Waals surface area contributed by atoms with Crippen molar-refractivity contribution in [3.05, 3.63) is 24.3 Å². The van der Waals surface area contributed by atoms with Crippen LogP contribution in [0.4, 0.5) is 0 Å². The molecule has 0 aliphatic carbocycles. The van der Waals surface area contributed by atoms with Crippen molar-refractivity contribution in [1.82, 2.24) is 0 Å². The van der Waals surface area contributed by atoms with Crippen molar-refractivity contribution >= 4 is 18.6 Å². The highest BCUT2D eigenvalue weighted by Crippen LogP contribution is 2.49. The SMILES string of the molecule is [2H]C([2H])([2H])C([2H])([2H])OP(=O)(Oc1ccc(S(C)=O)cc1)OC([2H])([2H])C([2H])([2H])[2H]. The first-order valence-corrected chi connectivity index (χ1v) is 7.46. The molecule has 0 aliphatic rings. The van der Waals surface area contributed by atoms with Crippen molar-refractivity contribution in [3.8, 4) is 5.75 Å². The van der Waals surface area contributed by atoms with E-state index in [2.05, 4.69) is 9.05 Å². The van der Waals surface area contributed by atoms with Gasteiger partial charge in [0, 0.05) is 30.2 Å². The Morgan fingerprint density at radius 2 is 1.83 bits per heavy atom. The van der Waals surface area contributed by atoms with Crippen LogP contribution in [0.1, 0.15) is 27.4 Å². The topological polar surface area (TPSA) is 61.8 Å². The van der Waals surface area contributed by atoms with Gasteiger partial charge in [-0.05, 0) is 38.0 Å². The summed E-state index contributed by atoms with van der Waals surface area (Å²) in [5, 5.41) is 0. The monoisotopic (exact) mass is 302 g/mol. The number of phosphoric acid groups is 1. The third kappa shape index (κ3) is 4.53. The molecule has 0 saturated carbocycles. The van der Waals surface area contributed by atoms with Crippen LogP contribution in [0.25, 0.3) is 0 Å². The van der Waals surface area contributed by atoms with E-state index in [0.29, 0.717) is 4.90 Å². The number of phosphoric ester groups is 1. The molecule has 0 aliphatic heterocycles. The average Bonchev–Trinajstić information content (AvgIpc) is 2.43. The highest BCUT2D eigenvalue weighted by atomic mass is 32.2. The molecule has 1 rings (SSSR count). The van der Waals surface area contributed by atoms with Crippen molar-refractivity contribution < 1.29 is 36.1 Å². The van der Waals surface area contributed by atoms with Gasteiger partial charge in [-0.25, -0.2) is 4.57 Å². The third-order valence-electron chi connectivity index (χ3n) is 1.69. The molecule has 7 heteroatoms. The molecule has 0 spiro atoms. The van der Waals surface area contributed by atoms with Gasteiger partial charge in [-0.15, -0.1) is 0 Å². The number of rotatable bonds is 7. The highest BCUT2D eigenvalue weighted by molar-refractivity contribution is 7.84. The molecule has 0 N–H and O–H groups in total. The Bertz CT molecular complexity index is 729. The normalized spacial score (nSPS) is 24.5. The Morgan fingerprint density at radius 3 is 2.28 bits per heavy atom. The molecule has 1 unspecified atom stereocenters. The van der Waals surface area contributed by atoms with E-state index in [1.807, 2.05) is 0 Å². The fourth-order valence-corrected chi connectivity index (χ4v) is 2.22. The predicted molar refractivity (Wildman–Crippen MR) is 70.3 cm³/mol. The molecular weight excluding hydrogens is 275 g/mol. The second kappa shape index (κ2) is 7.04. The number of hydrogen-bond donors (Lipinski definition) is 0. The summed E-state index contributed by atoms with van der Waals surface area (Å²) in [5.41, 5.74) is 0. The lowest BCUT2D eigenvalue weighted by Crippen LogP contribution is -2.02. The van der Waals surface area contributed by atoms with E-state index in [4.69, 9.17) is 18.2 Å². The second-order valence-electron chi connectivity index (χ2n) is 2.85. The largest absolute Gasteiger partial charge is 0.530 e. The fraction of sp³-hybridized carbons (Fsp3) is 0.455. The summed E-state index contributed by atoms with van der Waals surface area (Å²) in [5.74, 6) is -0.361. The molecule has 1 aromatic carbocycles. The molecule has 0 saturated heterocycles. The molecule has 1 atom stereocenters. The molecule has 0 amide bonds. The van der Waals surface area contributed by atoms with Gasteiger partial charge in [0.2, 0.25) is 0 Å². The molecule has 0 aromatic heterocycles. The van der Waals surface area contributed by atoms with Crippen LogP contribution < -0.4 is 4.52 Å². The van der Waals surface area contributed by atoms with Crippen LogP contribution in [-0.2, 0) is 24.4 Å². The standard InChI is InChI=1S/C11H17O5PS/c1-4-14-17(12,15-5-2)16-10-6-8-11(9-7-10)18(3)13/h6-9H,4-5H2,1-3H3/i1D3,2D3,4D2,5D2. The fourth-order valence-electron chi connectivity index (χ4n) is 0.989. The minimum Gasteiger partial charge on any atom is -0.404 e. The van der Waals surface area contributed by atoms with Gasteiger partial charge in [0.1, 0.15) is 5.75 Å². The quantitative estimate of drug-likeness (QED) is 0.725. The molecular formula is C11H17O5PS. The Morgan fingerprint density at radius 1 is 1.28 bits per heavy atom. The molecule has 102 valence electrons. The van der Waals surface area contributed by atoms with Crippen molar-refractivity contribution in [2.45, 2.75) is 18.6 Å². The van der Waals surface area contributed by atoms with Crippen LogP contribution in [0.5, 0.6) is 5.75 Å². The molecule has 0 radical (unpaired) electrons. The van der Waals surface area contributed by atoms with Gasteiger partial charge < -0.3 is 4.52 Å². The first-order valence-electron chi connectivity index (χ1n) is 9.44. The Balaban J connectivity index is 3.31. The smallest absolute Gasteiger partial charge is 0.404 e. The maximum absolute atomic E-state index is 12.8. The second-order valence-corrected chi connectivity index (χ2v) is 5.67. The summed E-state index contributed by atoms with van der Waals surface area (Å²) >= 11 is 0. The minimum atomic E-state index is -5.46.